The fraction of sp³-hybridized carbons (Fsp3) is 0.938. The molecule has 0 bridgehead atoms. The number of carbonyl (C=O) groups is 1. The van der Waals surface area contributed by atoms with Crippen molar-refractivity contribution < 1.29 is 17.9 Å². The predicted octanol–water partition coefficient (Wildman–Crippen LogP) is 2.40. The molecule has 0 spiro atoms. The molecule has 22 heavy (non-hydrogen) atoms. The second-order valence-corrected chi connectivity index (χ2v) is 9.55. The molecule has 0 aromatic heterocycles. The first-order valence-corrected chi connectivity index (χ1v) is 10.3. The predicted molar refractivity (Wildman–Crippen MR) is 88.6 cm³/mol. The van der Waals surface area contributed by atoms with Crippen LogP contribution < -0.4 is 0 Å². The van der Waals surface area contributed by atoms with Crippen molar-refractivity contribution in [2.75, 3.05) is 25.1 Å². The highest BCUT2D eigenvalue weighted by atomic mass is 32.2. The summed E-state index contributed by atoms with van der Waals surface area (Å²) < 4.78 is 27.8. The summed E-state index contributed by atoms with van der Waals surface area (Å²) >= 11 is 0. The van der Waals surface area contributed by atoms with Crippen LogP contribution in [0.15, 0.2) is 0 Å². The van der Waals surface area contributed by atoms with E-state index in [9.17, 15) is 13.2 Å². The van der Waals surface area contributed by atoms with E-state index in [0.717, 1.165) is 32.4 Å². The van der Waals surface area contributed by atoms with E-state index >= 15 is 0 Å². The van der Waals surface area contributed by atoms with E-state index in [1.54, 1.807) is 0 Å². The summed E-state index contributed by atoms with van der Waals surface area (Å²) in [5.41, 5.74) is -0.432. The van der Waals surface area contributed by atoms with Crippen molar-refractivity contribution >= 4 is 15.8 Å². The van der Waals surface area contributed by atoms with E-state index in [1.807, 2.05) is 20.8 Å². The molecule has 1 rings (SSSR count). The maximum absolute atomic E-state index is 11.8. The highest BCUT2D eigenvalue weighted by molar-refractivity contribution is 7.90. The van der Waals surface area contributed by atoms with Crippen LogP contribution >= 0.6 is 0 Å². The molecular formula is C16H31NO4S. The molecule has 0 amide bonds. The van der Waals surface area contributed by atoms with Crippen LogP contribution in [0.5, 0.6) is 0 Å². The molecule has 0 saturated carbocycles. The molecular weight excluding hydrogens is 302 g/mol. The van der Waals surface area contributed by atoms with Crippen LogP contribution in [0.3, 0.4) is 0 Å². The molecule has 1 atom stereocenters. The molecule has 1 aliphatic rings. The van der Waals surface area contributed by atoms with Crippen LogP contribution in [0.2, 0.25) is 0 Å². The summed E-state index contributed by atoms with van der Waals surface area (Å²) in [6.45, 7) is 7.43. The topological polar surface area (TPSA) is 63.7 Å². The summed E-state index contributed by atoms with van der Waals surface area (Å²) in [5, 5.41) is 0. The summed E-state index contributed by atoms with van der Waals surface area (Å²) in [4.78, 5) is 14.2. The van der Waals surface area contributed by atoms with Gasteiger partial charge in [-0.2, -0.15) is 0 Å². The maximum atomic E-state index is 11.8. The van der Waals surface area contributed by atoms with E-state index in [4.69, 9.17) is 4.74 Å². The van der Waals surface area contributed by atoms with Crippen LogP contribution in [0.1, 0.15) is 59.3 Å². The molecule has 0 aromatic rings. The Morgan fingerprint density at radius 3 is 2.55 bits per heavy atom. The third-order valence-electron chi connectivity index (χ3n) is 3.81. The van der Waals surface area contributed by atoms with Gasteiger partial charge in [0.05, 0.1) is 5.75 Å². The number of sulfone groups is 1. The number of hydrogen-bond acceptors (Lipinski definition) is 5. The smallest absolute Gasteiger partial charge is 0.306 e. The van der Waals surface area contributed by atoms with Gasteiger partial charge in [0.2, 0.25) is 0 Å². The van der Waals surface area contributed by atoms with Gasteiger partial charge < -0.3 is 9.64 Å². The number of piperidine rings is 1. The molecule has 0 unspecified atom stereocenters. The number of esters is 1. The van der Waals surface area contributed by atoms with Crippen molar-refractivity contribution in [3.63, 3.8) is 0 Å². The highest BCUT2D eigenvalue weighted by Crippen LogP contribution is 2.22. The van der Waals surface area contributed by atoms with Crippen molar-refractivity contribution in [2.24, 2.45) is 0 Å². The number of hydrogen-bond donors (Lipinski definition) is 0. The van der Waals surface area contributed by atoms with Gasteiger partial charge >= 0.3 is 5.97 Å². The second-order valence-electron chi connectivity index (χ2n) is 7.29. The Morgan fingerprint density at radius 1 is 1.27 bits per heavy atom. The molecule has 0 aromatic carbocycles. The lowest BCUT2D eigenvalue weighted by molar-refractivity contribution is -0.155. The minimum atomic E-state index is -2.89. The highest BCUT2D eigenvalue weighted by Gasteiger charge is 2.24. The number of rotatable bonds is 7. The van der Waals surface area contributed by atoms with Gasteiger partial charge in [-0.1, -0.05) is 6.42 Å². The van der Waals surface area contributed by atoms with Gasteiger partial charge in [0.1, 0.15) is 15.4 Å². The fourth-order valence-corrected chi connectivity index (χ4v) is 3.54. The number of ether oxygens (including phenoxy) is 1. The van der Waals surface area contributed by atoms with E-state index in [-0.39, 0.29) is 11.7 Å². The molecule has 1 saturated heterocycles. The molecule has 1 heterocycles. The monoisotopic (exact) mass is 333 g/mol. The normalized spacial score (nSPS) is 20.8. The minimum absolute atomic E-state index is 0.144. The SMILES string of the molecule is CC(C)(C)OC(=O)CC[C@H]1CCCCN1CCCS(C)(=O)=O. The first kappa shape index (κ1) is 19.4. The first-order valence-electron chi connectivity index (χ1n) is 8.20. The third-order valence-corrected chi connectivity index (χ3v) is 4.84. The third kappa shape index (κ3) is 8.73. The number of nitrogens with zero attached hydrogens (tertiary/aromatic N) is 1. The lowest BCUT2D eigenvalue weighted by Crippen LogP contribution is -2.41. The van der Waals surface area contributed by atoms with Gasteiger partial charge in [-0.15, -0.1) is 0 Å². The summed E-state index contributed by atoms with van der Waals surface area (Å²) in [6.07, 6.45) is 6.61. The Labute approximate surface area is 135 Å². The van der Waals surface area contributed by atoms with E-state index < -0.39 is 15.4 Å². The molecule has 6 heteroatoms. The maximum Gasteiger partial charge on any atom is 0.306 e. The van der Waals surface area contributed by atoms with Gasteiger partial charge in [0.25, 0.3) is 0 Å². The van der Waals surface area contributed by atoms with E-state index in [1.165, 1.54) is 12.7 Å². The van der Waals surface area contributed by atoms with Crippen LogP contribution in [0, 0.1) is 0 Å². The molecule has 0 aliphatic carbocycles. The molecule has 1 aliphatic heterocycles. The van der Waals surface area contributed by atoms with E-state index in [2.05, 4.69) is 4.90 Å². The number of likely N-dealkylation sites (tertiary alicyclic amines) is 1. The zero-order chi connectivity index (χ0) is 16.8. The molecule has 0 N–H and O–H groups in total. The lowest BCUT2D eigenvalue weighted by Gasteiger charge is -2.35. The average Bonchev–Trinajstić information content (AvgIpc) is 2.34. The molecule has 1 fully saturated rings. The Kier molecular flexibility index (Phi) is 7.32. The van der Waals surface area contributed by atoms with Crippen molar-refractivity contribution in [3.8, 4) is 0 Å². The van der Waals surface area contributed by atoms with Gasteiger partial charge in [0.15, 0.2) is 0 Å². The summed E-state index contributed by atoms with van der Waals surface area (Å²) in [6, 6.07) is 0.376. The molecule has 0 radical (unpaired) electrons. The Morgan fingerprint density at radius 2 is 1.95 bits per heavy atom. The Balaban J connectivity index is 2.40. The van der Waals surface area contributed by atoms with Crippen molar-refractivity contribution in [1.29, 1.82) is 0 Å². The zero-order valence-electron chi connectivity index (χ0n) is 14.4. The average molecular weight is 333 g/mol. The summed E-state index contributed by atoms with van der Waals surface area (Å²) in [7, 11) is -2.89. The van der Waals surface area contributed by atoms with Crippen molar-refractivity contribution in [1.82, 2.24) is 4.90 Å². The quantitative estimate of drug-likeness (QED) is 0.669. The molecule has 130 valence electrons. The summed E-state index contributed by atoms with van der Waals surface area (Å²) in [5.74, 6) is 0.0941. The second kappa shape index (κ2) is 8.29. The Hall–Kier alpha value is -0.620. The van der Waals surface area contributed by atoms with Gasteiger partial charge in [0, 0.05) is 18.7 Å². The minimum Gasteiger partial charge on any atom is -0.460 e. The van der Waals surface area contributed by atoms with Crippen LogP contribution in [-0.4, -0.2) is 56.0 Å². The number of carbonyl (C=O) groups excluding carboxylic acids is 1. The van der Waals surface area contributed by atoms with Crippen LogP contribution in [0.25, 0.3) is 0 Å². The van der Waals surface area contributed by atoms with Gasteiger partial charge in [-0.05, 0) is 59.5 Å². The van der Waals surface area contributed by atoms with Gasteiger partial charge in [-0.3, -0.25) is 4.79 Å². The zero-order valence-corrected chi connectivity index (χ0v) is 15.2. The van der Waals surface area contributed by atoms with E-state index in [0.29, 0.717) is 18.9 Å². The first-order chi connectivity index (χ1) is 10.1. The van der Waals surface area contributed by atoms with Gasteiger partial charge in [-0.25, -0.2) is 8.42 Å². The lowest BCUT2D eigenvalue weighted by atomic mass is 9.97. The Bertz CT molecular complexity index is 453. The van der Waals surface area contributed by atoms with Crippen molar-refractivity contribution in [2.45, 2.75) is 70.9 Å². The van der Waals surface area contributed by atoms with Crippen LogP contribution in [-0.2, 0) is 19.4 Å². The fourth-order valence-electron chi connectivity index (χ4n) is 2.89. The van der Waals surface area contributed by atoms with Crippen LogP contribution in [0.4, 0.5) is 0 Å². The largest absolute Gasteiger partial charge is 0.460 e. The standard InChI is InChI=1S/C16H31NO4S/c1-16(2,3)21-15(18)10-9-14-8-5-6-11-17(14)12-7-13-22(4,19)20/h14H,5-13H2,1-4H3/t14-/m1/s1. The van der Waals surface area contributed by atoms with Crippen molar-refractivity contribution in [3.05, 3.63) is 0 Å². The molecule has 5 nitrogen and oxygen atoms in total.